The molecule has 0 saturated heterocycles. The Morgan fingerprint density at radius 3 is 1.68 bits per heavy atom. The van der Waals surface area contributed by atoms with Gasteiger partial charge in [0.2, 0.25) is 0 Å². The Kier molecular flexibility index (Phi) is 8.84. The van der Waals surface area contributed by atoms with E-state index in [0.29, 0.717) is 5.84 Å². The largest absolute Gasteiger partial charge is 0.456 e. The van der Waals surface area contributed by atoms with E-state index in [1.165, 1.54) is 49.4 Å². The van der Waals surface area contributed by atoms with E-state index in [4.69, 9.17) is 14.4 Å². The van der Waals surface area contributed by atoms with Crippen molar-refractivity contribution in [1.29, 1.82) is 0 Å². The SMILES string of the molecule is c1ccc(-c2ccc(C3=NC(c4ccccc4)NC(c4ccc5c(c4)oc4cc(-n6c7ccc(-c8ccccc8)cc7c7c8ccccc8c(-c8ccccc8)cc76)ccc45)=N3)cc2)cc1. The number of benzene rings is 10. The van der Waals surface area contributed by atoms with Crippen molar-refractivity contribution in [3.05, 3.63) is 247 Å². The maximum Gasteiger partial charge on any atom is 0.159 e. The molecule has 1 N–H and O–H groups in total. The molecule has 0 radical (unpaired) electrons. The van der Waals surface area contributed by atoms with E-state index in [1.807, 2.05) is 24.3 Å². The number of rotatable bonds is 7. The molecule has 10 aromatic carbocycles. The number of hydrogen-bond acceptors (Lipinski definition) is 4. The number of nitrogens with zero attached hydrogens (tertiary/aromatic N) is 3. The molecular weight excluding hydrogens is 805 g/mol. The van der Waals surface area contributed by atoms with E-state index >= 15 is 0 Å². The van der Waals surface area contributed by atoms with Crippen molar-refractivity contribution in [1.82, 2.24) is 9.88 Å². The molecule has 1 aliphatic heterocycles. The quantitative estimate of drug-likeness (QED) is 0.174. The third-order valence-electron chi connectivity index (χ3n) is 13.1. The van der Waals surface area contributed by atoms with Crippen molar-refractivity contribution in [3.8, 4) is 39.1 Å². The smallest absolute Gasteiger partial charge is 0.159 e. The van der Waals surface area contributed by atoms with Gasteiger partial charge in [0.25, 0.3) is 0 Å². The van der Waals surface area contributed by atoms with Gasteiger partial charge in [-0.05, 0) is 92.2 Å². The molecule has 1 atom stereocenters. The van der Waals surface area contributed by atoms with E-state index in [2.05, 4.69) is 216 Å². The Hall–Kier alpha value is -8.80. The van der Waals surface area contributed by atoms with Gasteiger partial charge in [0.05, 0.1) is 11.0 Å². The van der Waals surface area contributed by atoms with Gasteiger partial charge in [-0.3, -0.25) is 0 Å². The number of furan rings is 1. The molecule has 12 aromatic rings. The lowest BCUT2D eigenvalue weighted by Crippen LogP contribution is -2.33. The van der Waals surface area contributed by atoms with Crippen LogP contribution in [-0.4, -0.2) is 16.2 Å². The molecule has 1 unspecified atom stereocenters. The third kappa shape index (κ3) is 6.40. The Labute approximate surface area is 381 Å². The van der Waals surface area contributed by atoms with Crippen molar-refractivity contribution in [2.75, 3.05) is 0 Å². The zero-order chi connectivity index (χ0) is 43.6. The first-order valence-electron chi connectivity index (χ1n) is 22.4. The lowest BCUT2D eigenvalue weighted by atomic mass is 9.94. The Morgan fingerprint density at radius 2 is 0.955 bits per heavy atom. The summed E-state index contributed by atoms with van der Waals surface area (Å²) in [6.45, 7) is 0. The van der Waals surface area contributed by atoms with E-state index in [1.54, 1.807) is 0 Å². The van der Waals surface area contributed by atoms with Gasteiger partial charge in [0.15, 0.2) is 5.84 Å². The fourth-order valence-electron chi connectivity index (χ4n) is 9.85. The normalized spacial score (nSPS) is 13.9. The summed E-state index contributed by atoms with van der Waals surface area (Å²) in [6.07, 6.45) is -0.314. The molecule has 5 nitrogen and oxygen atoms in total. The number of hydrogen-bond donors (Lipinski definition) is 1. The molecule has 5 heteroatoms. The topological polar surface area (TPSA) is 54.8 Å². The molecule has 66 heavy (non-hydrogen) atoms. The summed E-state index contributed by atoms with van der Waals surface area (Å²) >= 11 is 0. The lowest BCUT2D eigenvalue weighted by molar-refractivity contribution is 0.666. The third-order valence-corrected chi connectivity index (χ3v) is 13.1. The summed E-state index contributed by atoms with van der Waals surface area (Å²) in [5, 5.41) is 10.7. The first-order chi connectivity index (χ1) is 32.7. The molecule has 13 rings (SSSR count). The summed E-state index contributed by atoms with van der Waals surface area (Å²) < 4.78 is 9.25. The first kappa shape index (κ1) is 37.7. The van der Waals surface area contributed by atoms with Crippen LogP contribution in [0.1, 0.15) is 22.9 Å². The van der Waals surface area contributed by atoms with Crippen LogP contribution in [0.4, 0.5) is 0 Å². The van der Waals surface area contributed by atoms with Gasteiger partial charge in [0, 0.05) is 44.4 Å². The van der Waals surface area contributed by atoms with Crippen LogP contribution >= 0.6 is 0 Å². The molecule has 0 spiro atoms. The van der Waals surface area contributed by atoms with Crippen LogP contribution in [0, 0.1) is 0 Å². The molecule has 1 aliphatic rings. The lowest BCUT2D eigenvalue weighted by Gasteiger charge is -2.23. The monoisotopic (exact) mass is 844 g/mol. The van der Waals surface area contributed by atoms with E-state index in [9.17, 15) is 0 Å². The van der Waals surface area contributed by atoms with Gasteiger partial charge in [-0.2, -0.15) is 0 Å². The molecule has 0 aliphatic carbocycles. The van der Waals surface area contributed by atoms with E-state index in [0.717, 1.165) is 66.7 Å². The fourth-order valence-corrected chi connectivity index (χ4v) is 9.85. The minimum Gasteiger partial charge on any atom is -0.456 e. The molecule has 2 aromatic heterocycles. The molecule has 310 valence electrons. The van der Waals surface area contributed by atoms with Crippen molar-refractivity contribution in [2.24, 2.45) is 9.98 Å². The Bertz CT molecular complexity index is 3870. The van der Waals surface area contributed by atoms with Crippen LogP contribution in [0.2, 0.25) is 0 Å². The summed E-state index contributed by atoms with van der Waals surface area (Å²) in [5.41, 5.74) is 15.0. The Balaban J connectivity index is 0.944. The van der Waals surface area contributed by atoms with Gasteiger partial charge in [-0.15, -0.1) is 0 Å². The summed E-state index contributed by atoms with van der Waals surface area (Å²) in [4.78, 5) is 10.3. The number of amidine groups is 2. The highest BCUT2D eigenvalue weighted by molar-refractivity contribution is 6.25. The summed E-state index contributed by atoms with van der Waals surface area (Å²) in [7, 11) is 0. The van der Waals surface area contributed by atoms with Crippen LogP contribution in [0.3, 0.4) is 0 Å². The summed E-state index contributed by atoms with van der Waals surface area (Å²) in [5.74, 6) is 1.42. The van der Waals surface area contributed by atoms with Gasteiger partial charge in [-0.1, -0.05) is 182 Å². The second-order valence-corrected chi connectivity index (χ2v) is 17.0. The molecule has 3 heterocycles. The number of aromatic nitrogens is 1. The highest BCUT2D eigenvalue weighted by Crippen LogP contribution is 2.43. The van der Waals surface area contributed by atoms with Crippen LogP contribution in [0.15, 0.2) is 245 Å². The van der Waals surface area contributed by atoms with Crippen molar-refractivity contribution in [3.63, 3.8) is 0 Å². The van der Waals surface area contributed by atoms with E-state index < -0.39 is 0 Å². The number of nitrogens with one attached hydrogen (secondary N) is 1. The van der Waals surface area contributed by atoms with Crippen molar-refractivity contribution in [2.45, 2.75) is 6.17 Å². The van der Waals surface area contributed by atoms with Gasteiger partial charge >= 0.3 is 0 Å². The van der Waals surface area contributed by atoms with Gasteiger partial charge < -0.3 is 14.3 Å². The number of fused-ring (bicyclic) bond motifs is 8. The summed E-state index contributed by atoms with van der Waals surface area (Å²) in [6, 6.07) is 81.7. The fraction of sp³-hybridized carbons (Fsp3) is 0.0164. The van der Waals surface area contributed by atoms with Crippen LogP contribution in [-0.2, 0) is 0 Å². The average molecular weight is 845 g/mol. The molecule has 0 bridgehead atoms. The second kappa shape index (κ2) is 15.5. The molecule has 0 fully saturated rings. The van der Waals surface area contributed by atoms with Crippen LogP contribution < -0.4 is 5.32 Å². The zero-order valence-corrected chi connectivity index (χ0v) is 35.8. The van der Waals surface area contributed by atoms with Crippen molar-refractivity contribution >= 4 is 66.2 Å². The predicted molar refractivity (Wildman–Crippen MR) is 274 cm³/mol. The zero-order valence-electron chi connectivity index (χ0n) is 35.8. The predicted octanol–water partition coefficient (Wildman–Crippen LogP) is 15.3. The van der Waals surface area contributed by atoms with Crippen molar-refractivity contribution < 1.29 is 4.42 Å². The van der Waals surface area contributed by atoms with Gasteiger partial charge in [0.1, 0.15) is 23.2 Å². The maximum atomic E-state index is 6.84. The minimum absolute atomic E-state index is 0.314. The van der Waals surface area contributed by atoms with Crippen LogP contribution in [0.25, 0.3) is 93.6 Å². The van der Waals surface area contributed by atoms with Gasteiger partial charge in [-0.25, -0.2) is 9.98 Å². The highest BCUT2D eigenvalue weighted by atomic mass is 16.3. The standard InChI is InChI=1S/C61H40N4O/c1-5-15-39(16-6-1)41-25-27-44(28-26-41)60-62-59(43-21-11-4-12-22-43)63-61(64-60)46-29-32-49-50-33-31-47(37-57(50)66-56(49)36-46)65-54-34-30-45(40-17-7-2-8-18-40)35-53(54)58-51-24-14-13-23-48(51)52(38-55(58)65)42-19-9-3-10-20-42/h1-38,59H,(H,62,63,64). The second-order valence-electron chi connectivity index (χ2n) is 17.0. The Morgan fingerprint density at radius 1 is 0.394 bits per heavy atom. The molecule has 0 saturated carbocycles. The average Bonchev–Trinajstić information content (AvgIpc) is 3.94. The minimum atomic E-state index is -0.314. The molecule has 0 amide bonds. The highest BCUT2D eigenvalue weighted by Gasteiger charge is 2.23. The first-order valence-corrected chi connectivity index (χ1v) is 22.4. The maximum absolute atomic E-state index is 6.84. The van der Waals surface area contributed by atoms with Crippen LogP contribution in [0.5, 0.6) is 0 Å². The molecular formula is C61H40N4O. The van der Waals surface area contributed by atoms with E-state index in [-0.39, 0.29) is 6.17 Å². The number of aliphatic imine (C=N–C) groups is 2.